The van der Waals surface area contributed by atoms with Crippen molar-refractivity contribution >= 4 is 22.5 Å². The van der Waals surface area contributed by atoms with Gasteiger partial charge in [0.05, 0.1) is 11.3 Å². The minimum atomic E-state index is -0.0827. The van der Waals surface area contributed by atoms with Crippen molar-refractivity contribution in [3.8, 4) is 6.07 Å². The van der Waals surface area contributed by atoms with Gasteiger partial charge in [0, 0.05) is 30.6 Å². The molecule has 3 aromatic rings. The topological polar surface area (TPSA) is 57.8 Å². The molecule has 0 saturated heterocycles. The summed E-state index contributed by atoms with van der Waals surface area (Å²) in [6.45, 7) is 0. The highest BCUT2D eigenvalue weighted by atomic mass is 16.1. The molecule has 2 aromatic carbocycles. The number of fused-ring (bicyclic) bond motifs is 1. The Labute approximate surface area is 135 Å². The van der Waals surface area contributed by atoms with Gasteiger partial charge in [-0.25, -0.2) is 0 Å². The summed E-state index contributed by atoms with van der Waals surface area (Å²) < 4.78 is 2.08. The smallest absolute Gasteiger partial charge is 0.224 e. The van der Waals surface area contributed by atoms with Gasteiger partial charge >= 0.3 is 0 Å². The van der Waals surface area contributed by atoms with Crippen molar-refractivity contribution in [2.24, 2.45) is 7.05 Å². The molecule has 114 valence electrons. The van der Waals surface area contributed by atoms with E-state index in [9.17, 15) is 4.79 Å². The molecule has 0 bridgehead atoms. The number of carbonyl (C=O) groups is 1. The molecular formula is C19H17N3O. The van der Waals surface area contributed by atoms with Crippen molar-refractivity contribution in [2.75, 3.05) is 5.32 Å². The lowest BCUT2D eigenvalue weighted by molar-refractivity contribution is -0.116. The van der Waals surface area contributed by atoms with Crippen LogP contribution in [0.3, 0.4) is 0 Å². The molecule has 23 heavy (non-hydrogen) atoms. The third-order valence-electron chi connectivity index (χ3n) is 3.92. The number of amides is 1. The molecule has 0 fully saturated rings. The number of hydrogen-bond donors (Lipinski definition) is 1. The molecule has 4 nitrogen and oxygen atoms in total. The maximum Gasteiger partial charge on any atom is 0.224 e. The zero-order valence-electron chi connectivity index (χ0n) is 12.9. The molecule has 0 unspecified atom stereocenters. The van der Waals surface area contributed by atoms with Crippen LogP contribution in [0.5, 0.6) is 0 Å². The van der Waals surface area contributed by atoms with Crippen molar-refractivity contribution in [1.82, 2.24) is 4.57 Å². The number of carbonyl (C=O) groups excluding carboxylic acids is 1. The van der Waals surface area contributed by atoms with E-state index in [-0.39, 0.29) is 5.91 Å². The maximum atomic E-state index is 12.2. The molecule has 0 radical (unpaired) electrons. The van der Waals surface area contributed by atoms with Gasteiger partial charge in [-0.3, -0.25) is 4.79 Å². The van der Waals surface area contributed by atoms with Crippen LogP contribution in [0.15, 0.2) is 54.7 Å². The Morgan fingerprint density at radius 3 is 2.74 bits per heavy atom. The molecule has 4 heteroatoms. The molecule has 1 amide bonds. The van der Waals surface area contributed by atoms with E-state index in [4.69, 9.17) is 5.26 Å². The number of nitrogens with one attached hydrogen (secondary N) is 1. The monoisotopic (exact) mass is 303 g/mol. The fraction of sp³-hybridized carbons (Fsp3) is 0.158. The Bertz CT molecular complexity index is 902. The first-order valence-corrected chi connectivity index (χ1v) is 7.51. The first kappa shape index (κ1) is 14.9. The predicted molar refractivity (Wildman–Crippen MR) is 91.0 cm³/mol. The van der Waals surface area contributed by atoms with Crippen LogP contribution in [0, 0.1) is 11.3 Å². The predicted octanol–water partition coefficient (Wildman–Crippen LogP) is 3.62. The molecule has 0 aliphatic rings. The largest absolute Gasteiger partial charge is 0.350 e. The van der Waals surface area contributed by atoms with Crippen molar-refractivity contribution < 1.29 is 4.79 Å². The van der Waals surface area contributed by atoms with E-state index in [1.165, 1.54) is 5.39 Å². The molecule has 0 aliphatic heterocycles. The van der Waals surface area contributed by atoms with Gasteiger partial charge in [-0.2, -0.15) is 5.26 Å². The van der Waals surface area contributed by atoms with E-state index >= 15 is 0 Å². The van der Waals surface area contributed by atoms with Crippen LogP contribution in [0.4, 0.5) is 5.69 Å². The normalized spacial score (nSPS) is 10.4. The van der Waals surface area contributed by atoms with E-state index in [1.807, 2.05) is 19.2 Å². The van der Waals surface area contributed by atoms with E-state index < -0.39 is 0 Å². The molecule has 0 atom stereocenters. The number of anilines is 1. The van der Waals surface area contributed by atoms with Gasteiger partial charge in [0.1, 0.15) is 6.07 Å². The fourth-order valence-electron chi connectivity index (χ4n) is 2.78. The second-order valence-electron chi connectivity index (χ2n) is 5.49. The molecule has 3 rings (SSSR count). The Morgan fingerprint density at radius 1 is 1.17 bits per heavy atom. The number of benzene rings is 2. The summed E-state index contributed by atoms with van der Waals surface area (Å²) in [7, 11) is 2.01. The lowest BCUT2D eigenvalue weighted by atomic mass is 10.1. The SMILES string of the molecule is Cn1cc(CCC(=O)Nc2ccccc2C#N)c2ccccc21. The van der Waals surface area contributed by atoms with Gasteiger partial charge in [0.15, 0.2) is 0 Å². The van der Waals surface area contributed by atoms with E-state index in [1.54, 1.807) is 24.3 Å². The summed E-state index contributed by atoms with van der Waals surface area (Å²) >= 11 is 0. The number of aromatic nitrogens is 1. The molecule has 1 N–H and O–H groups in total. The first-order chi connectivity index (χ1) is 11.2. The minimum Gasteiger partial charge on any atom is -0.350 e. The quantitative estimate of drug-likeness (QED) is 0.800. The van der Waals surface area contributed by atoms with E-state index in [0.717, 1.165) is 11.1 Å². The molecule has 0 saturated carbocycles. The van der Waals surface area contributed by atoms with Crippen LogP contribution in [0.2, 0.25) is 0 Å². The van der Waals surface area contributed by atoms with Crippen LogP contribution >= 0.6 is 0 Å². The number of para-hydroxylation sites is 2. The maximum absolute atomic E-state index is 12.2. The third-order valence-corrected chi connectivity index (χ3v) is 3.92. The van der Waals surface area contributed by atoms with Crippen LogP contribution in [-0.4, -0.2) is 10.5 Å². The van der Waals surface area contributed by atoms with E-state index in [2.05, 4.69) is 34.3 Å². The van der Waals surface area contributed by atoms with E-state index in [0.29, 0.717) is 24.1 Å². The average Bonchev–Trinajstić information content (AvgIpc) is 2.90. The molecule has 0 aliphatic carbocycles. The van der Waals surface area contributed by atoms with Gasteiger partial charge in [-0.1, -0.05) is 30.3 Å². The van der Waals surface area contributed by atoms with Crippen LogP contribution in [0.25, 0.3) is 10.9 Å². The van der Waals surface area contributed by atoms with Gasteiger partial charge in [-0.15, -0.1) is 0 Å². The van der Waals surface area contributed by atoms with Gasteiger partial charge < -0.3 is 9.88 Å². The summed E-state index contributed by atoms with van der Waals surface area (Å²) in [6.07, 6.45) is 3.12. The fourth-order valence-corrected chi connectivity index (χ4v) is 2.78. The Balaban J connectivity index is 1.70. The number of nitrogens with zero attached hydrogens (tertiary/aromatic N) is 2. The molecular weight excluding hydrogens is 286 g/mol. The number of hydrogen-bond acceptors (Lipinski definition) is 2. The standard InChI is InChI=1S/C19H17N3O/c1-22-13-15(16-7-3-5-9-18(16)22)10-11-19(23)21-17-8-4-2-6-14(17)12-20/h2-9,13H,10-11H2,1H3,(H,21,23). The molecule has 1 aromatic heterocycles. The zero-order valence-corrected chi connectivity index (χ0v) is 12.9. The van der Waals surface area contributed by atoms with Gasteiger partial charge in [0.25, 0.3) is 0 Å². The van der Waals surface area contributed by atoms with Crippen LogP contribution in [0.1, 0.15) is 17.5 Å². The Hall–Kier alpha value is -3.06. The average molecular weight is 303 g/mol. The Morgan fingerprint density at radius 2 is 1.91 bits per heavy atom. The Kier molecular flexibility index (Phi) is 4.11. The second kappa shape index (κ2) is 6.37. The van der Waals surface area contributed by atoms with Crippen molar-refractivity contribution in [1.29, 1.82) is 5.26 Å². The minimum absolute atomic E-state index is 0.0827. The number of rotatable bonds is 4. The summed E-state index contributed by atoms with van der Waals surface area (Å²) in [4.78, 5) is 12.2. The summed E-state index contributed by atoms with van der Waals surface area (Å²) in [5.41, 5.74) is 3.37. The molecule has 1 heterocycles. The van der Waals surface area contributed by atoms with Crippen molar-refractivity contribution in [3.05, 3.63) is 65.9 Å². The molecule has 0 spiro atoms. The first-order valence-electron chi connectivity index (χ1n) is 7.51. The van der Waals surface area contributed by atoms with Crippen LogP contribution < -0.4 is 5.32 Å². The van der Waals surface area contributed by atoms with Crippen molar-refractivity contribution in [2.45, 2.75) is 12.8 Å². The highest BCUT2D eigenvalue weighted by Gasteiger charge is 2.10. The highest BCUT2D eigenvalue weighted by molar-refractivity contribution is 5.92. The zero-order chi connectivity index (χ0) is 16.2. The lowest BCUT2D eigenvalue weighted by Crippen LogP contribution is -2.13. The summed E-state index contributed by atoms with van der Waals surface area (Å²) in [6, 6.07) is 17.3. The van der Waals surface area contributed by atoms with Gasteiger partial charge in [0.2, 0.25) is 5.91 Å². The highest BCUT2D eigenvalue weighted by Crippen LogP contribution is 2.22. The number of nitriles is 1. The summed E-state index contributed by atoms with van der Waals surface area (Å²) in [5, 5.41) is 13.1. The van der Waals surface area contributed by atoms with Crippen LogP contribution in [-0.2, 0) is 18.3 Å². The van der Waals surface area contributed by atoms with Gasteiger partial charge in [-0.05, 0) is 30.2 Å². The third kappa shape index (κ3) is 3.09. The second-order valence-corrected chi connectivity index (χ2v) is 5.49. The lowest BCUT2D eigenvalue weighted by Gasteiger charge is -2.06. The number of aryl methyl sites for hydroxylation is 2. The summed E-state index contributed by atoms with van der Waals surface area (Å²) in [5.74, 6) is -0.0827. The van der Waals surface area contributed by atoms with Crippen molar-refractivity contribution in [3.63, 3.8) is 0 Å².